The van der Waals surface area contributed by atoms with Gasteiger partial charge in [0.25, 0.3) is 5.91 Å². The molecule has 3 aromatic heterocycles. The van der Waals surface area contributed by atoms with Crippen LogP contribution < -0.4 is 5.32 Å². The van der Waals surface area contributed by atoms with Crippen LogP contribution in [0.2, 0.25) is 4.34 Å². The van der Waals surface area contributed by atoms with E-state index in [1.165, 1.54) is 11.3 Å². The molecule has 1 N–H and O–H groups in total. The minimum Gasteiger partial charge on any atom is -0.351 e. The van der Waals surface area contributed by atoms with Crippen molar-refractivity contribution in [2.24, 2.45) is 0 Å². The van der Waals surface area contributed by atoms with Crippen LogP contribution in [0.4, 0.5) is 0 Å². The van der Waals surface area contributed by atoms with E-state index in [-0.39, 0.29) is 5.91 Å². The zero-order valence-electron chi connectivity index (χ0n) is 12.7. The first-order chi connectivity index (χ1) is 11.0. The van der Waals surface area contributed by atoms with E-state index >= 15 is 0 Å². The van der Waals surface area contributed by atoms with Crippen LogP contribution in [0.3, 0.4) is 0 Å². The van der Waals surface area contributed by atoms with E-state index in [0.29, 0.717) is 22.2 Å². The van der Waals surface area contributed by atoms with Gasteiger partial charge in [0.15, 0.2) is 0 Å². The first-order valence-electron chi connectivity index (χ1n) is 7.04. The van der Waals surface area contributed by atoms with Crippen molar-refractivity contribution < 1.29 is 4.79 Å². The van der Waals surface area contributed by atoms with Gasteiger partial charge >= 0.3 is 0 Å². The predicted molar refractivity (Wildman–Crippen MR) is 94.1 cm³/mol. The summed E-state index contributed by atoms with van der Waals surface area (Å²) in [6.07, 6.45) is 0.681. The molecular weight excluding hydrogens is 352 g/mol. The monoisotopic (exact) mass is 366 g/mol. The smallest absolute Gasteiger partial charge is 0.261 e. The van der Waals surface area contributed by atoms with Crippen molar-refractivity contribution in [3.63, 3.8) is 0 Å². The molecule has 0 unspecified atom stereocenters. The number of thiophene rings is 1. The van der Waals surface area contributed by atoms with Crippen molar-refractivity contribution in [3.05, 3.63) is 49.9 Å². The molecule has 0 bridgehead atoms. The number of nitrogens with zero attached hydrogens (tertiary/aromatic N) is 3. The van der Waals surface area contributed by atoms with Gasteiger partial charge in [-0.25, -0.2) is 9.67 Å². The second kappa shape index (κ2) is 6.82. The number of hydrogen-bond acceptors (Lipinski definition) is 5. The first-order valence-corrected chi connectivity index (χ1v) is 9.12. The molecule has 3 aromatic rings. The van der Waals surface area contributed by atoms with Gasteiger partial charge in [-0.05, 0) is 32.0 Å². The zero-order chi connectivity index (χ0) is 16.4. The molecular formula is C15H15ClN4OS2. The number of carbonyl (C=O) groups excluding carboxylic acids is 1. The van der Waals surface area contributed by atoms with Gasteiger partial charge in [0.05, 0.1) is 20.6 Å². The van der Waals surface area contributed by atoms with Crippen LogP contribution in [0.5, 0.6) is 0 Å². The highest BCUT2D eigenvalue weighted by atomic mass is 35.5. The van der Waals surface area contributed by atoms with Gasteiger partial charge in [-0.15, -0.1) is 22.7 Å². The molecule has 8 heteroatoms. The summed E-state index contributed by atoms with van der Waals surface area (Å²) < 4.78 is 2.46. The predicted octanol–water partition coefficient (Wildman–Crippen LogP) is 3.63. The molecule has 0 fully saturated rings. The van der Waals surface area contributed by atoms with E-state index in [4.69, 9.17) is 11.6 Å². The SMILES string of the molecule is Cc1cc(C)n(-c2nc(CCNC(=O)c3ccc(Cl)s3)cs2)n1. The number of aromatic nitrogens is 3. The molecule has 0 spiro atoms. The second-order valence-corrected chi connectivity index (χ2v) is 7.62. The lowest BCUT2D eigenvalue weighted by molar-refractivity contribution is 0.0958. The summed E-state index contributed by atoms with van der Waals surface area (Å²) in [7, 11) is 0. The molecule has 0 saturated carbocycles. The largest absolute Gasteiger partial charge is 0.351 e. The number of rotatable bonds is 5. The minimum atomic E-state index is -0.101. The number of hydrogen-bond donors (Lipinski definition) is 1. The Balaban J connectivity index is 1.57. The Morgan fingerprint density at radius 2 is 2.22 bits per heavy atom. The lowest BCUT2D eigenvalue weighted by atomic mass is 10.3. The van der Waals surface area contributed by atoms with E-state index in [0.717, 1.165) is 22.2 Å². The third kappa shape index (κ3) is 3.80. The Kier molecular flexibility index (Phi) is 4.79. The zero-order valence-corrected chi connectivity index (χ0v) is 15.1. The summed E-state index contributed by atoms with van der Waals surface area (Å²) in [5.74, 6) is -0.101. The maximum absolute atomic E-state index is 11.9. The molecule has 0 saturated heterocycles. The van der Waals surface area contributed by atoms with Crippen LogP contribution in [-0.4, -0.2) is 27.2 Å². The van der Waals surface area contributed by atoms with Gasteiger partial charge in [-0.3, -0.25) is 4.79 Å². The summed E-state index contributed by atoms with van der Waals surface area (Å²) in [6, 6.07) is 5.47. The molecule has 0 aliphatic carbocycles. The van der Waals surface area contributed by atoms with Crippen LogP contribution in [-0.2, 0) is 6.42 Å². The number of aryl methyl sites for hydroxylation is 2. The lowest BCUT2D eigenvalue weighted by Crippen LogP contribution is -2.24. The van der Waals surface area contributed by atoms with E-state index in [1.54, 1.807) is 23.5 Å². The molecule has 0 radical (unpaired) electrons. The van der Waals surface area contributed by atoms with Crippen molar-refractivity contribution in [2.75, 3.05) is 6.54 Å². The van der Waals surface area contributed by atoms with Gasteiger partial charge < -0.3 is 5.32 Å². The summed E-state index contributed by atoms with van der Waals surface area (Å²) in [6.45, 7) is 4.51. The second-order valence-electron chi connectivity index (χ2n) is 5.07. The third-order valence-electron chi connectivity index (χ3n) is 3.19. The molecule has 5 nitrogen and oxygen atoms in total. The summed E-state index contributed by atoms with van der Waals surface area (Å²) >= 11 is 8.66. The highest BCUT2D eigenvalue weighted by Gasteiger charge is 2.10. The molecule has 0 aliphatic heterocycles. The van der Waals surface area contributed by atoms with Crippen LogP contribution in [0.1, 0.15) is 26.8 Å². The number of carbonyl (C=O) groups is 1. The molecule has 3 heterocycles. The topological polar surface area (TPSA) is 59.8 Å². The Labute approximate surface area is 146 Å². The Hall–Kier alpha value is -1.70. The van der Waals surface area contributed by atoms with Crippen LogP contribution in [0.15, 0.2) is 23.6 Å². The summed E-state index contributed by atoms with van der Waals surface area (Å²) in [5.41, 5.74) is 2.98. The van der Waals surface area contributed by atoms with Gasteiger partial charge in [0, 0.05) is 24.0 Å². The van der Waals surface area contributed by atoms with Gasteiger partial charge in [0.1, 0.15) is 0 Å². The maximum Gasteiger partial charge on any atom is 0.261 e. The minimum absolute atomic E-state index is 0.101. The van der Waals surface area contributed by atoms with Crippen molar-refractivity contribution >= 4 is 40.2 Å². The van der Waals surface area contributed by atoms with Crippen LogP contribution in [0, 0.1) is 13.8 Å². The standard InChI is InChI=1S/C15H15ClN4OS2/c1-9-7-10(2)20(19-9)15-18-11(8-22-15)5-6-17-14(21)12-3-4-13(16)23-12/h3-4,7-8H,5-6H2,1-2H3,(H,17,21). The van der Waals surface area contributed by atoms with Crippen molar-refractivity contribution in [3.8, 4) is 5.13 Å². The average Bonchev–Trinajstić information content (AvgIpc) is 3.19. The molecule has 0 aliphatic rings. The molecule has 120 valence electrons. The van der Waals surface area contributed by atoms with Gasteiger partial charge in [-0.1, -0.05) is 11.6 Å². The van der Waals surface area contributed by atoms with Crippen LogP contribution in [0.25, 0.3) is 5.13 Å². The fourth-order valence-electron chi connectivity index (χ4n) is 2.16. The fourth-order valence-corrected chi connectivity index (χ4v) is 3.98. The fraction of sp³-hybridized carbons (Fsp3) is 0.267. The van der Waals surface area contributed by atoms with Crippen molar-refractivity contribution in [2.45, 2.75) is 20.3 Å². The highest BCUT2D eigenvalue weighted by molar-refractivity contribution is 7.18. The van der Waals surface area contributed by atoms with E-state index in [9.17, 15) is 4.79 Å². The number of halogens is 1. The molecule has 1 amide bonds. The van der Waals surface area contributed by atoms with Crippen molar-refractivity contribution in [1.29, 1.82) is 0 Å². The Morgan fingerprint density at radius 1 is 1.39 bits per heavy atom. The normalized spacial score (nSPS) is 10.9. The summed E-state index contributed by atoms with van der Waals surface area (Å²) in [4.78, 5) is 17.1. The van der Waals surface area contributed by atoms with Gasteiger partial charge in [-0.2, -0.15) is 5.10 Å². The average molecular weight is 367 g/mol. The number of nitrogens with one attached hydrogen (secondary N) is 1. The first kappa shape index (κ1) is 16.2. The van der Waals surface area contributed by atoms with Gasteiger partial charge in [0.2, 0.25) is 5.13 Å². The Bertz CT molecular complexity index is 836. The highest BCUT2D eigenvalue weighted by Crippen LogP contribution is 2.21. The molecule has 0 aromatic carbocycles. The molecule has 3 rings (SSSR count). The maximum atomic E-state index is 11.9. The number of thiazole rings is 1. The third-order valence-corrected chi connectivity index (χ3v) is 5.29. The molecule has 23 heavy (non-hydrogen) atoms. The van der Waals surface area contributed by atoms with Crippen molar-refractivity contribution in [1.82, 2.24) is 20.1 Å². The summed E-state index contributed by atoms with van der Waals surface area (Å²) in [5, 5.41) is 10.2. The molecule has 0 atom stereocenters. The van der Waals surface area contributed by atoms with Crippen LogP contribution >= 0.6 is 34.3 Å². The quantitative estimate of drug-likeness (QED) is 0.750. The number of amides is 1. The van der Waals surface area contributed by atoms with E-state index in [1.807, 2.05) is 30.0 Å². The van der Waals surface area contributed by atoms with E-state index < -0.39 is 0 Å². The lowest BCUT2D eigenvalue weighted by Gasteiger charge is -2.01. The Morgan fingerprint density at radius 3 is 2.87 bits per heavy atom. The van der Waals surface area contributed by atoms with E-state index in [2.05, 4.69) is 15.4 Å².